The summed E-state index contributed by atoms with van der Waals surface area (Å²) in [6, 6.07) is 7.87. The van der Waals surface area contributed by atoms with Crippen molar-refractivity contribution in [1.82, 2.24) is 0 Å². The number of benzene rings is 1. The molecule has 1 aromatic carbocycles. The van der Waals surface area contributed by atoms with E-state index < -0.39 is 0 Å². The third-order valence-electron chi connectivity index (χ3n) is 5.00. The molecule has 0 aromatic heterocycles. The normalized spacial score (nSPS) is 31.5. The maximum Gasteiger partial charge on any atom is 0.161 e. The first-order valence-corrected chi connectivity index (χ1v) is 7.85. The summed E-state index contributed by atoms with van der Waals surface area (Å²) >= 11 is 0. The van der Waals surface area contributed by atoms with Gasteiger partial charge in [-0.05, 0) is 56.6 Å². The van der Waals surface area contributed by atoms with Gasteiger partial charge in [0.05, 0.1) is 13.2 Å². The Balaban J connectivity index is 1.55. The molecule has 0 radical (unpaired) electrons. The van der Waals surface area contributed by atoms with Gasteiger partial charge in [-0.25, -0.2) is 0 Å². The molecule has 1 aromatic rings. The van der Waals surface area contributed by atoms with Gasteiger partial charge in [-0.1, -0.05) is 18.6 Å². The zero-order valence-electron chi connectivity index (χ0n) is 12.3. The number of ether oxygens (including phenoxy) is 2. The van der Waals surface area contributed by atoms with E-state index in [1.165, 1.54) is 25.7 Å². The van der Waals surface area contributed by atoms with Gasteiger partial charge in [0, 0.05) is 5.54 Å². The van der Waals surface area contributed by atoms with Gasteiger partial charge >= 0.3 is 0 Å². The molecule has 3 atom stereocenters. The number of fused-ring (bicyclic) bond motifs is 2. The molecule has 2 bridgehead atoms. The smallest absolute Gasteiger partial charge is 0.161 e. The average Bonchev–Trinajstić information content (AvgIpc) is 3.01. The lowest BCUT2D eigenvalue weighted by Crippen LogP contribution is -2.46. The van der Waals surface area contributed by atoms with Gasteiger partial charge in [-0.2, -0.15) is 0 Å². The van der Waals surface area contributed by atoms with E-state index in [9.17, 15) is 0 Å². The maximum absolute atomic E-state index is 6.59. The van der Waals surface area contributed by atoms with Crippen LogP contribution in [0.1, 0.15) is 39.0 Å². The Morgan fingerprint density at radius 3 is 2.55 bits per heavy atom. The first-order valence-electron chi connectivity index (χ1n) is 7.85. The Labute approximate surface area is 121 Å². The van der Waals surface area contributed by atoms with Crippen LogP contribution in [0.2, 0.25) is 0 Å². The molecule has 0 aliphatic heterocycles. The van der Waals surface area contributed by atoms with E-state index in [2.05, 4.69) is 0 Å². The lowest BCUT2D eigenvalue weighted by Gasteiger charge is -2.33. The lowest BCUT2D eigenvalue weighted by atomic mass is 9.80. The van der Waals surface area contributed by atoms with Crippen molar-refractivity contribution < 1.29 is 9.47 Å². The number of rotatable bonds is 6. The van der Waals surface area contributed by atoms with Gasteiger partial charge in [-0.3, -0.25) is 0 Å². The van der Waals surface area contributed by atoms with Gasteiger partial charge in [0.1, 0.15) is 0 Å². The van der Waals surface area contributed by atoms with Crippen molar-refractivity contribution in [3.63, 3.8) is 0 Å². The highest BCUT2D eigenvalue weighted by Crippen LogP contribution is 2.50. The molecule has 3 unspecified atom stereocenters. The molecule has 0 spiro atoms. The summed E-state index contributed by atoms with van der Waals surface area (Å²) in [5.74, 6) is 3.26. The van der Waals surface area contributed by atoms with Crippen LogP contribution in [0.4, 0.5) is 0 Å². The third kappa shape index (κ3) is 2.64. The Morgan fingerprint density at radius 1 is 1.20 bits per heavy atom. The van der Waals surface area contributed by atoms with E-state index in [-0.39, 0.29) is 5.54 Å². The first-order chi connectivity index (χ1) is 9.71. The molecule has 110 valence electrons. The van der Waals surface area contributed by atoms with Crippen LogP contribution in [0.3, 0.4) is 0 Å². The van der Waals surface area contributed by atoms with E-state index in [0.717, 1.165) is 29.8 Å². The summed E-state index contributed by atoms with van der Waals surface area (Å²) in [6.07, 6.45) is 6.18. The third-order valence-corrected chi connectivity index (χ3v) is 5.00. The molecular formula is C17H25NO2. The fourth-order valence-electron chi connectivity index (χ4n) is 3.99. The average molecular weight is 275 g/mol. The molecule has 2 aliphatic carbocycles. The van der Waals surface area contributed by atoms with Gasteiger partial charge in [0.2, 0.25) is 0 Å². The van der Waals surface area contributed by atoms with Crippen LogP contribution < -0.4 is 15.2 Å². The fourth-order valence-corrected chi connectivity index (χ4v) is 3.99. The highest BCUT2D eigenvalue weighted by molar-refractivity contribution is 5.39. The van der Waals surface area contributed by atoms with E-state index >= 15 is 0 Å². The van der Waals surface area contributed by atoms with Crippen molar-refractivity contribution in [1.29, 1.82) is 0 Å². The minimum absolute atomic E-state index is 0.0173. The molecule has 20 heavy (non-hydrogen) atoms. The summed E-state index contributed by atoms with van der Waals surface area (Å²) in [5, 5.41) is 0. The van der Waals surface area contributed by atoms with E-state index in [4.69, 9.17) is 15.2 Å². The Morgan fingerprint density at radius 2 is 1.95 bits per heavy atom. The molecule has 0 saturated heterocycles. The van der Waals surface area contributed by atoms with Crippen LogP contribution >= 0.6 is 0 Å². The van der Waals surface area contributed by atoms with Crippen molar-refractivity contribution in [2.75, 3.05) is 13.2 Å². The summed E-state index contributed by atoms with van der Waals surface area (Å²) in [4.78, 5) is 0. The zero-order valence-corrected chi connectivity index (χ0v) is 12.3. The molecule has 0 amide bonds. The molecule has 3 nitrogen and oxygen atoms in total. The molecular weight excluding hydrogens is 250 g/mol. The van der Waals surface area contributed by atoms with Crippen molar-refractivity contribution >= 4 is 0 Å². The number of nitrogens with two attached hydrogens (primary N) is 1. The van der Waals surface area contributed by atoms with Crippen LogP contribution in [0.5, 0.6) is 11.5 Å². The molecule has 3 heteroatoms. The molecule has 0 heterocycles. The van der Waals surface area contributed by atoms with Crippen LogP contribution in [0.15, 0.2) is 24.3 Å². The standard InChI is InChI=1S/C17H25NO2/c1-2-19-15-5-3-4-6-16(15)20-10-9-17(18)12-13-7-8-14(17)11-13/h3-6,13-14H,2,7-12,18H2,1H3. The molecule has 3 rings (SSSR count). The van der Waals surface area contributed by atoms with Crippen molar-refractivity contribution in [2.45, 2.75) is 44.6 Å². The van der Waals surface area contributed by atoms with Crippen LogP contribution in [0, 0.1) is 11.8 Å². The van der Waals surface area contributed by atoms with Gasteiger partial charge in [-0.15, -0.1) is 0 Å². The summed E-state index contributed by atoms with van der Waals surface area (Å²) in [7, 11) is 0. The second-order valence-corrected chi connectivity index (χ2v) is 6.29. The quantitative estimate of drug-likeness (QED) is 0.865. The summed E-state index contributed by atoms with van der Waals surface area (Å²) in [6.45, 7) is 3.33. The predicted octanol–water partition coefficient (Wildman–Crippen LogP) is 3.37. The Bertz CT molecular complexity index is 462. The number of para-hydroxylation sites is 2. The topological polar surface area (TPSA) is 44.5 Å². The maximum atomic E-state index is 6.59. The lowest BCUT2D eigenvalue weighted by molar-refractivity contribution is 0.194. The molecule has 2 N–H and O–H groups in total. The first kappa shape index (κ1) is 13.7. The Hall–Kier alpha value is -1.22. The molecule has 2 fully saturated rings. The number of hydrogen-bond acceptors (Lipinski definition) is 3. The fraction of sp³-hybridized carbons (Fsp3) is 0.647. The summed E-state index contributed by atoms with van der Waals surface area (Å²) in [5.41, 5.74) is 6.61. The van der Waals surface area contributed by atoms with Gasteiger partial charge < -0.3 is 15.2 Å². The highest BCUT2D eigenvalue weighted by atomic mass is 16.5. The van der Waals surface area contributed by atoms with Gasteiger partial charge in [0.15, 0.2) is 11.5 Å². The predicted molar refractivity (Wildman–Crippen MR) is 80.1 cm³/mol. The monoisotopic (exact) mass is 275 g/mol. The second kappa shape index (κ2) is 5.65. The molecule has 2 aliphatic rings. The van der Waals surface area contributed by atoms with E-state index in [1.54, 1.807) is 0 Å². The van der Waals surface area contributed by atoms with Crippen LogP contribution in [-0.2, 0) is 0 Å². The minimum Gasteiger partial charge on any atom is -0.490 e. The SMILES string of the molecule is CCOc1ccccc1OCCC1(N)CC2CCC1C2. The second-order valence-electron chi connectivity index (χ2n) is 6.29. The van der Waals surface area contributed by atoms with E-state index in [1.807, 2.05) is 31.2 Å². The van der Waals surface area contributed by atoms with Crippen molar-refractivity contribution in [3.05, 3.63) is 24.3 Å². The van der Waals surface area contributed by atoms with Gasteiger partial charge in [0.25, 0.3) is 0 Å². The van der Waals surface area contributed by atoms with Crippen molar-refractivity contribution in [2.24, 2.45) is 17.6 Å². The zero-order chi connectivity index (χ0) is 14.0. The van der Waals surface area contributed by atoms with Crippen LogP contribution in [-0.4, -0.2) is 18.8 Å². The van der Waals surface area contributed by atoms with E-state index in [0.29, 0.717) is 13.2 Å². The Kier molecular flexibility index (Phi) is 3.88. The minimum atomic E-state index is 0.0173. The summed E-state index contributed by atoms with van der Waals surface area (Å²) < 4.78 is 11.5. The van der Waals surface area contributed by atoms with Crippen LogP contribution in [0.25, 0.3) is 0 Å². The van der Waals surface area contributed by atoms with Crippen molar-refractivity contribution in [3.8, 4) is 11.5 Å². The molecule has 2 saturated carbocycles. The highest BCUT2D eigenvalue weighted by Gasteiger charge is 2.48. The number of hydrogen-bond donors (Lipinski definition) is 1. The largest absolute Gasteiger partial charge is 0.490 e.